The summed E-state index contributed by atoms with van der Waals surface area (Å²) in [6, 6.07) is 8.08. The molecule has 1 fully saturated rings. The van der Waals surface area contributed by atoms with E-state index < -0.39 is 0 Å². The molecule has 2 rings (SSSR count). The van der Waals surface area contributed by atoms with E-state index in [2.05, 4.69) is 35.1 Å². The Morgan fingerprint density at radius 3 is 2.84 bits per heavy atom. The summed E-state index contributed by atoms with van der Waals surface area (Å²) in [7, 11) is 0. The molecule has 19 heavy (non-hydrogen) atoms. The van der Waals surface area contributed by atoms with Gasteiger partial charge in [-0.15, -0.1) is 0 Å². The van der Waals surface area contributed by atoms with Crippen LogP contribution >= 0.6 is 15.9 Å². The van der Waals surface area contributed by atoms with Gasteiger partial charge in [-0.05, 0) is 55.3 Å². The molecule has 1 atom stereocenters. The minimum Gasteiger partial charge on any atom is -0.494 e. The highest BCUT2D eigenvalue weighted by atomic mass is 79.9. The first-order valence-corrected chi connectivity index (χ1v) is 8.02. The molecule has 0 spiro atoms. The first kappa shape index (κ1) is 14.9. The molecule has 0 aromatic heterocycles. The lowest BCUT2D eigenvalue weighted by molar-refractivity contribution is 0.181. The van der Waals surface area contributed by atoms with Crippen molar-refractivity contribution in [1.29, 1.82) is 0 Å². The topological polar surface area (TPSA) is 21.3 Å². The van der Waals surface area contributed by atoms with Crippen LogP contribution in [0.1, 0.15) is 33.1 Å². The summed E-state index contributed by atoms with van der Waals surface area (Å²) in [6.45, 7) is 7.53. The average Bonchev–Trinajstić information content (AvgIpc) is 3.21. The van der Waals surface area contributed by atoms with Crippen LogP contribution in [0.3, 0.4) is 0 Å². The number of hydrogen-bond acceptors (Lipinski definition) is 2. The van der Waals surface area contributed by atoms with Crippen molar-refractivity contribution in [3.8, 4) is 5.75 Å². The second-order valence-corrected chi connectivity index (χ2v) is 6.68. The lowest BCUT2D eigenvalue weighted by Gasteiger charge is -2.30. The molecular formula is C16H24BrNO. The van der Waals surface area contributed by atoms with Crippen LogP contribution in [0.4, 0.5) is 0 Å². The van der Waals surface area contributed by atoms with Crippen molar-refractivity contribution in [3.63, 3.8) is 0 Å². The van der Waals surface area contributed by atoms with E-state index in [1.807, 2.05) is 24.3 Å². The van der Waals surface area contributed by atoms with Gasteiger partial charge in [-0.2, -0.15) is 0 Å². The molecule has 0 amide bonds. The van der Waals surface area contributed by atoms with Gasteiger partial charge in [0.25, 0.3) is 0 Å². The molecule has 1 aromatic carbocycles. The molecule has 0 saturated heterocycles. The molecule has 106 valence electrons. The van der Waals surface area contributed by atoms with E-state index in [9.17, 15) is 0 Å². The normalized spacial score (nSPS) is 18.1. The molecule has 1 N–H and O–H groups in total. The molecule has 1 aliphatic carbocycles. The average molecular weight is 326 g/mol. The van der Waals surface area contributed by atoms with Gasteiger partial charge in [0.05, 0.1) is 6.61 Å². The summed E-state index contributed by atoms with van der Waals surface area (Å²) in [5, 5.41) is 3.50. The number of benzene rings is 1. The first-order chi connectivity index (χ1) is 9.14. The number of hydrogen-bond donors (Lipinski definition) is 1. The maximum absolute atomic E-state index is 5.88. The summed E-state index contributed by atoms with van der Waals surface area (Å²) in [4.78, 5) is 0. The van der Waals surface area contributed by atoms with Gasteiger partial charge < -0.3 is 10.1 Å². The molecule has 0 radical (unpaired) electrons. The molecule has 1 aromatic rings. The van der Waals surface area contributed by atoms with E-state index in [-0.39, 0.29) is 0 Å². The highest BCUT2D eigenvalue weighted by Crippen LogP contribution is 2.47. The minimum atomic E-state index is 0.391. The number of rotatable bonds is 8. The molecule has 3 heteroatoms. The molecular weight excluding hydrogens is 302 g/mol. The standard InChI is InChI=1S/C16H24BrNO/c1-3-18-12-16(2,13-7-8-13)9-10-19-15-6-4-5-14(17)11-15/h4-6,11,13,18H,3,7-10,12H2,1-2H3. The molecule has 1 saturated carbocycles. The van der Waals surface area contributed by atoms with Crippen LogP contribution in [0.15, 0.2) is 28.7 Å². The van der Waals surface area contributed by atoms with Crippen molar-refractivity contribution in [3.05, 3.63) is 28.7 Å². The Hall–Kier alpha value is -0.540. The smallest absolute Gasteiger partial charge is 0.120 e. The van der Waals surface area contributed by atoms with Gasteiger partial charge in [-0.1, -0.05) is 35.8 Å². The van der Waals surface area contributed by atoms with Crippen molar-refractivity contribution in [1.82, 2.24) is 5.32 Å². The fourth-order valence-electron chi connectivity index (χ4n) is 2.59. The molecule has 0 heterocycles. The second kappa shape index (κ2) is 6.76. The van der Waals surface area contributed by atoms with E-state index in [1.54, 1.807) is 0 Å². The maximum Gasteiger partial charge on any atom is 0.120 e. The highest BCUT2D eigenvalue weighted by molar-refractivity contribution is 9.10. The SMILES string of the molecule is CCNCC(C)(CCOc1cccc(Br)c1)C1CC1. The van der Waals surface area contributed by atoms with Gasteiger partial charge in [0.1, 0.15) is 5.75 Å². The van der Waals surface area contributed by atoms with Crippen molar-refractivity contribution >= 4 is 15.9 Å². The van der Waals surface area contributed by atoms with Gasteiger partial charge in [0.15, 0.2) is 0 Å². The lowest BCUT2D eigenvalue weighted by Crippen LogP contribution is -2.35. The van der Waals surface area contributed by atoms with Crippen LogP contribution in [0.5, 0.6) is 5.75 Å². The van der Waals surface area contributed by atoms with Gasteiger partial charge in [0.2, 0.25) is 0 Å². The Kier molecular flexibility index (Phi) is 5.28. The van der Waals surface area contributed by atoms with E-state index >= 15 is 0 Å². The summed E-state index contributed by atoms with van der Waals surface area (Å²) in [5.41, 5.74) is 0.391. The number of halogens is 1. The lowest BCUT2D eigenvalue weighted by atomic mass is 9.81. The van der Waals surface area contributed by atoms with Crippen molar-refractivity contribution < 1.29 is 4.74 Å². The van der Waals surface area contributed by atoms with Crippen LogP contribution in [-0.4, -0.2) is 19.7 Å². The monoisotopic (exact) mass is 325 g/mol. The van der Waals surface area contributed by atoms with Gasteiger partial charge in [-0.3, -0.25) is 0 Å². The Morgan fingerprint density at radius 1 is 1.42 bits per heavy atom. The molecule has 0 bridgehead atoms. The fraction of sp³-hybridized carbons (Fsp3) is 0.625. The molecule has 1 aliphatic rings. The van der Waals surface area contributed by atoms with Crippen molar-refractivity contribution in [2.45, 2.75) is 33.1 Å². The van der Waals surface area contributed by atoms with Crippen molar-refractivity contribution in [2.75, 3.05) is 19.7 Å². The second-order valence-electron chi connectivity index (χ2n) is 5.76. The predicted molar refractivity (Wildman–Crippen MR) is 83.6 cm³/mol. The third kappa shape index (κ3) is 4.50. The third-order valence-electron chi connectivity index (χ3n) is 4.08. The van der Waals surface area contributed by atoms with E-state index in [1.165, 1.54) is 12.8 Å². The molecule has 1 unspecified atom stereocenters. The van der Waals surface area contributed by atoms with Crippen LogP contribution in [0.25, 0.3) is 0 Å². The Labute approximate surface area is 125 Å². The van der Waals surface area contributed by atoms with Crippen molar-refractivity contribution in [2.24, 2.45) is 11.3 Å². The zero-order chi connectivity index (χ0) is 13.7. The predicted octanol–water partition coefficient (Wildman–Crippen LogP) is 4.24. The van der Waals surface area contributed by atoms with E-state index in [4.69, 9.17) is 4.74 Å². The number of nitrogens with one attached hydrogen (secondary N) is 1. The Balaban J connectivity index is 1.82. The van der Waals surface area contributed by atoms with Gasteiger partial charge in [0, 0.05) is 11.0 Å². The highest BCUT2D eigenvalue weighted by Gasteiger charge is 2.40. The van der Waals surface area contributed by atoms with Crippen LogP contribution < -0.4 is 10.1 Å². The quantitative estimate of drug-likeness (QED) is 0.771. The summed E-state index contributed by atoms with van der Waals surface area (Å²) in [6.07, 6.45) is 3.90. The third-order valence-corrected chi connectivity index (χ3v) is 4.57. The molecule has 2 nitrogen and oxygen atoms in total. The summed E-state index contributed by atoms with van der Waals surface area (Å²) < 4.78 is 6.95. The van der Waals surface area contributed by atoms with Gasteiger partial charge >= 0.3 is 0 Å². The largest absolute Gasteiger partial charge is 0.494 e. The Morgan fingerprint density at radius 2 is 2.21 bits per heavy atom. The number of ether oxygens (including phenoxy) is 1. The van der Waals surface area contributed by atoms with Crippen LogP contribution in [0, 0.1) is 11.3 Å². The summed E-state index contributed by atoms with van der Waals surface area (Å²) >= 11 is 3.47. The zero-order valence-corrected chi connectivity index (χ0v) is 13.5. The maximum atomic E-state index is 5.88. The Bertz CT molecular complexity index is 405. The zero-order valence-electron chi connectivity index (χ0n) is 11.9. The van der Waals surface area contributed by atoms with E-state index in [0.717, 1.165) is 42.3 Å². The van der Waals surface area contributed by atoms with Gasteiger partial charge in [-0.25, -0.2) is 0 Å². The minimum absolute atomic E-state index is 0.391. The first-order valence-electron chi connectivity index (χ1n) is 7.23. The summed E-state index contributed by atoms with van der Waals surface area (Å²) in [5.74, 6) is 1.84. The van der Waals surface area contributed by atoms with E-state index in [0.29, 0.717) is 5.41 Å². The van der Waals surface area contributed by atoms with Crippen LogP contribution in [0.2, 0.25) is 0 Å². The fourth-order valence-corrected chi connectivity index (χ4v) is 2.96. The molecule has 0 aliphatic heterocycles. The van der Waals surface area contributed by atoms with Crippen LogP contribution in [-0.2, 0) is 0 Å².